The van der Waals surface area contributed by atoms with Gasteiger partial charge >= 0.3 is 0 Å². The van der Waals surface area contributed by atoms with E-state index in [0.29, 0.717) is 0 Å². The Bertz CT molecular complexity index is 535. The van der Waals surface area contributed by atoms with E-state index in [1.807, 2.05) is 6.08 Å². The number of hydrogen-bond acceptors (Lipinski definition) is 3. The Morgan fingerprint density at radius 2 is 2.24 bits per heavy atom. The van der Waals surface area contributed by atoms with Crippen LogP contribution in [0.1, 0.15) is 16.7 Å². The number of aryl methyl sites for hydroxylation is 1. The highest BCUT2D eigenvalue weighted by Crippen LogP contribution is 2.23. The Kier molecular flexibility index (Phi) is 4.36. The van der Waals surface area contributed by atoms with Crippen molar-refractivity contribution in [1.82, 2.24) is 4.90 Å². The van der Waals surface area contributed by atoms with Gasteiger partial charge in [0.15, 0.2) is 7.28 Å². The summed E-state index contributed by atoms with van der Waals surface area (Å²) in [5.41, 5.74) is 17.4. The Morgan fingerprint density at radius 1 is 1.43 bits per heavy atom. The number of hydrogen-bond donors (Lipinski definition) is 2. The lowest BCUT2D eigenvalue weighted by atomic mass is 9.69. The van der Waals surface area contributed by atoms with Crippen LogP contribution in [0, 0.1) is 12.8 Å². The largest absolute Gasteiger partial charge is 0.405 e. The van der Waals surface area contributed by atoms with Crippen molar-refractivity contribution < 1.29 is 0 Å². The van der Waals surface area contributed by atoms with Gasteiger partial charge in [-0.1, -0.05) is 41.1 Å². The first kappa shape index (κ1) is 14.7. The smallest absolute Gasteiger partial charge is 0.152 e. The predicted octanol–water partition coefficient (Wildman–Crippen LogP) is 0.573. The molecule has 0 amide bonds. The van der Waals surface area contributed by atoms with Crippen molar-refractivity contribution >= 4 is 12.7 Å². The van der Waals surface area contributed by atoms with Crippen molar-refractivity contribution in [3.8, 4) is 0 Å². The van der Waals surface area contributed by atoms with Crippen LogP contribution < -0.4 is 16.9 Å². The molecule has 0 spiro atoms. The molecule has 1 aromatic carbocycles. The van der Waals surface area contributed by atoms with Gasteiger partial charge in [0, 0.05) is 25.7 Å². The lowest BCUT2D eigenvalue weighted by Crippen LogP contribution is -2.51. The van der Waals surface area contributed by atoms with Crippen molar-refractivity contribution in [3.05, 3.63) is 41.1 Å². The molecule has 4 N–H and O–H groups in total. The second-order valence-electron chi connectivity index (χ2n) is 6.50. The summed E-state index contributed by atoms with van der Waals surface area (Å²) in [6, 6.07) is 4.74. The molecule has 111 valence electrons. The van der Waals surface area contributed by atoms with Crippen LogP contribution in [0.5, 0.6) is 0 Å². The highest BCUT2D eigenvalue weighted by molar-refractivity contribution is 6.56. The fourth-order valence-electron chi connectivity index (χ4n) is 3.69. The number of benzene rings is 1. The molecule has 0 bridgehead atoms. The summed E-state index contributed by atoms with van der Waals surface area (Å²) in [4.78, 5) is 2.42. The SMILES string of the molecule is Cc1c(CC2CN(CC(N)/C=C\N)C2)ccc2c1[B]CC2. The highest BCUT2D eigenvalue weighted by Gasteiger charge is 2.28. The zero-order chi connectivity index (χ0) is 14.8. The first-order chi connectivity index (χ1) is 10.2. The van der Waals surface area contributed by atoms with Gasteiger partial charge in [0.25, 0.3) is 0 Å². The number of nitrogens with zero attached hydrogens (tertiary/aromatic N) is 1. The molecule has 1 aromatic rings. The normalized spacial score (nSPS) is 20.3. The van der Waals surface area contributed by atoms with Crippen LogP contribution in [0.4, 0.5) is 0 Å². The van der Waals surface area contributed by atoms with E-state index in [4.69, 9.17) is 11.5 Å². The maximum absolute atomic E-state index is 5.97. The van der Waals surface area contributed by atoms with Gasteiger partial charge in [0.2, 0.25) is 0 Å². The van der Waals surface area contributed by atoms with Crippen LogP contribution in [0.2, 0.25) is 6.32 Å². The van der Waals surface area contributed by atoms with Gasteiger partial charge in [-0.15, -0.1) is 0 Å². The van der Waals surface area contributed by atoms with Crippen LogP contribution in [-0.4, -0.2) is 37.9 Å². The second kappa shape index (κ2) is 6.24. The second-order valence-corrected chi connectivity index (χ2v) is 6.50. The number of likely N-dealkylation sites (tertiary alicyclic amines) is 1. The van der Waals surface area contributed by atoms with E-state index in [1.54, 1.807) is 6.20 Å². The van der Waals surface area contributed by atoms with E-state index in [1.165, 1.54) is 41.3 Å². The standard InChI is InChI=1S/C17H25BN3/c1-12-15(3-2-14-4-6-18-17(12)14)8-13-9-21(10-13)11-16(20)5-7-19/h2-3,5,7,13,16H,4,6,8-11,19-20H2,1H3/b7-5-. The Labute approximate surface area is 128 Å². The van der Waals surface area contributed by atoms with Gasteiger partial charge in [0.1, 0.15) is 0 Å². The molecular weight excluding hydrogens is 257 g/mol. The van der Waals surface area contributed by atoms with Crippen LogP contribution in [0.15, 0.2) is 24.4 Å². The van der Waals surface area contributed by atoms with E-state index in [0.717, 1.165) is 25.6 Å². The molecule has 3 rings (SSSR count). The van der Waals surface area contributed by atoms with Gasteiger partial charge in [-0.3, -0.25) is 0 Å². The van der Waals surface area contributed by atoms with Crippen LogP contribution in [0.25, 0.3) is 0 Å². The average molecular weight is 282 g/mol. The van der Waals surface area contributed by atoms with E-state index >= 15 is 0 Å². The molecule has 1 unspecified atom stereocenters. The lowest BCUT2D eigenvalue weighted by Gasteiger charge is -2.40. The number of nitrogens with two attached hydrogens (primary N) is 2. The minimum atomic E-state index is 0.0623. The van der Waals surface area contributed by atoms with Gasteiger partial charge in [-0.2, -0.15) is 0 Å². The van der Waals surface area contributed by atoms with Crippen molar-refractivity contribution in [1.29, 1.82) is 0 Å². The predicted molar refractivity (Wildman–Crippen MR) is 90.0 cm³/mol. The van der Waals surface area contributed by atoms with Gasteiger partial charge in [0.05, 0.1) is 0 Å². The molecule has 1 atom stereocenters. The summed E-state index contributed by atoms with van der Waals surface area (Å²) < 4.78 is 0. The average Bonchev–Trinajstić information content (AvgIpc) is 2.88. The zero-order valence-electron chi connectivity index (χ0n) is 12.9. The third kappa shape index (κ3) is 3.17. The maximum Gasteiger partial charge on any atom is 0.152 e. The Hall–Kier alpha value is -1.26. The highest BCUT2D eigenvalue weighted by atomic mass is 15.2. The third-order valence-corrected chi connectivity index (χ3v) is 4.85. The Balaban J connectivity index is 1.53. The van der Waals surface area contributed by atoms with Gasteiger partial charge in [-0.25, -0.2) is 0 Å². The van der Waals surface area contributed by atoms with Crippen molar-refractivity contribution in [2.75, 3.05) is 19.6 Å². The van der Waals surface area contributed by atoms with Crippen LogP contribution in [0.3, 0.4) is 0 Å². The number of rotatable bonds is 5. The molecule has 4 heteroatoms. The molecule has 21 heavy (non-hydrogen) atoms. The molecule has 0 saturated carbocycles. The van der Waals surface area contributed by atoms with Gasteiger partial charge in [-0.05, 0) is 37.4 Å². The first-order valence-corrected chi connectivity index (χ1v) is 7.98. The summed E-state index contributed by atoms with van der Waals surface area (Å²) in [6.07, 6.45) is 7.05. The first-order valence-electron chi connectivity index (χ1n) is 7.98. The van der Waals surface area contributed by atoms with Crippen molar-refractivity contribution in [2.45, 2.75) is 32.1 Å². The van der Waals surface area contributed by atoms with Crippen LogP contribution >= 0.6 is 0 Å². The molecule has 2 heterocycles. The molecular formula is C17H25BN3. The molecule has 1 fully saturated rings. The fraction of sp³-hybridized carbons (Fsp3) is 0.529. The van der Waals surface area contributed by atoms with E-state index in [2.05, 4.69) is 31.2 Å². The quantitative estimate of drug-likeness (QED) is 0.776. The molecule has 0 aliphatic carbocycles. The van der Waals surface area contributed by atoms with Crippen molar-refractivity contribution in [3.63, 3.8) is 0 Å². The monoisotopic (exact) mass is 282 g/mol. The lowest BCUT2D eigenvalue weighted by molar-refractivity contribution is 0.0982. The molecule has 1 saturated heterocycles. The maximum atomic E-state index is 5.97. The summed E-state index contributed by atoms with van der Waals surface area (Å²) >= 11 is 0. The molecule has 0 aromatic heterocycles. The van der Waals surface area contributed by atoms with E-state index < -0.39 is 0 Å². The molecule has 3 nitrogen and oxygen atoms in total. The minimum absolute atomic E-state index is 0.0623. The van der Waals surface area contributed by atoms with Crippen LogP contribution in [-0.2, 0) is 12.8 Å². The summed E-state index contributed by atoms with van der Waals surface area (Å²) in [5.74, 6) is 0.775. The van der Waals surface area contributed by atoms with E-state index in [-0.39, 0.29) is 6.04 Å². The molecule has 1 radical (unpaired) electrons. The van der Waals surface area contributed by atoms with Crippen molar-refractivity contribution in [2.24, 2.45) is 17.4 Å². The third-order valence-electron chi connectivity index (χ3n) is 4.85. The number of fused-ring (bicyclic) bond motifs is 1. The molecule has 2 aliphatic heterocycles. The summed E-state index contributed by atoms with van der Waals surface area (Å²) in [6.45, 7) is 5.52. The topological polar surface area (TPSA) is 55.3 Å². The molecule has 2 aliphatic rings. The minimum Gasteiger partial charge on any atom is -0.405 e. The summed E-state index contributed by atoms with van der Waals surface area (Å²) in [7, 11) is 2.40. The fourth-order valence-corrected chi connectivity index (χ4v) is 3.69. The van der Waals surface area contributed by atoms with Gasteiger partial charge < -0.3 is 16.4 Å². The van der Waals surface area contributed by atoms with E-state index in [9.17, 15) is 0 Å². The zero-order valence-corrected chi connectivity index (χ0v) is 12.9. The summed E-state index contributed by atoms with van der Waals surface area (Å²) in [5, 5.41) is 0. The Morgan fingerprint density at radius 3 is 3.00 bits per heavy atom.